The molecule has 0 saturated heterocycles. The van der Waals surface area contributed by atoms with Crippen molar-refractivity contribution in [2.45, 2.75) is 26.7 Å². The van der Waals surface area contributed by atoms with Gasteiger partial charge in [-0.05, 0) is 6.92 Å². The maximum absolute atomic E-state index is 5.96. The third kappa shape index (κ3) is 2.84. The van der Waals surface area contributed by atoms with Crippen LogP contribution in [0.2, 0.25) is 5.15 Å². The Balaban J connectivity index is 3.08. The van der Waals surface area contributed by atoms with Crippen molar-refractivity contribution < 1.29 is 4.74 Å². The van der Waals surface area contributed by atoms with Crippen molar-refractivity contribution in [2.75, 3.05) is 6.61 Å². The van der Waals surface area contributed by atoms with Crippen LogP contribution in [0.1, 0.15) is 31.2 Å². The molecule has 3 nitrogen and oxygen atoms in total. The maximum Gasteiger partial charge on any atom is 0.222 e. The number of nitrogens with zero attached hydrogens (tertiary/aromatic N) is 2. The van der Waals surface area contributed by atoms with E-state index in [1.165, 1.54) is 0 Å². The van der Waals surface area contributed by atoms with Crippen molar-refractivity contribution in [3.63, 3.8) is 0 Å². The highest BCUT2D eigenvalue weighted by Gasteiger charge is 2.12. The Bertz CT molecular complexity index is 396. The molecule has 0 aromatic carbocycles. The highest BCUT2D eigenvalue weighted by molar-refractivity contribution is 6.30. The second-order valence-corrected chi connectivity index (χ2v) is 3.81. The van der Waals surface area contributed by atoms with E-state index in [4.69, 9.17) is 22.8 Å². The van der Waals surface area contributed by atoms with E-state index in [2.05, 4.69) is 15.9 Å². The SMILES string of the molecule is C#CCOc1nc(C(C)C)nc(Cl)c1C. The van der Waals surface area contributed by atoms with E-state index in [1.54, 1.807) is 6.92 Å². The van der Waals surface area contributed by atoms with Crippen LogP contribution >= 0.6 is 11.6 Å². The van der Waals surface area contributed by atoms with Gasteiger partial charge in [0.1, 0.15) is 11.0 Å². The Morgan fingerprint density at radius 1 is 1.47 bits per heavy atom. The summed E-state index contributed by atoms with van der Waals surface area (Å²) in [6, 6.07) is 0. The topological polar surface area (TPSA) is 35.0 Å². The minimum absolute atomic E-state index is 0.186. The molecule has 80 valence electrons. The Morgan fingerprint density at radius 2 is 2.13 bits per heavy atom. The normalized spacial score (nSPS) is 10.1. The number of aromatic nitrogens is 2. The molecule has 0 fully saturated rings. The van der Waals surface area contributed by atoms with Gasteiger partial charge in [0, 0.05) is 11.5 Å². The fourth-order valence-corrected chi connectivity index (χ4v) is 1.16. The van der Waals surface area contributed by atoms with Gasteiger partial charge >= 0.3 is 0 Å². The van der Waals surface area contributed by atoms with Crippen molar-refractivity contribution >= 4 is 11.6 Å². The minimum Gasteiger partial charge on any atom is -0.464 e. The zero-order valence-electron chi connectivity index (χ0n) is 9.04. The summed E-state index contributed by atoms with van der Waals surface area (Å²) in [6.45, 7) is 5.97. The number of hydrogen-bond acceptors (Lipinski definition) is 3. The third-order valence-electron chi connectivity index (χ3n) is 1.87. The largest absolute Gasteiger partial charge is 0.464 e. The molecule has 1 aromatic rings. The predicted molar refractivity (Wildman–Crippen MR) is 60.2 cm³/mol. The molecule has 1 aromatic heterocycles. The molecular weight excluding hydrogens is 212 g/mol. The van der Waals surface area contributed by atoms with Crippen molar-refractivity contribution in [3.05, 3.63) is 16.5 Å². The summed E-state index contributed by atoms with van der Waals surface area (Å²) in [5.41, 5.74) is 0.719. The first-order valence-corrected chi connectivity index (χ1v) is 5.04. The van der Waals surface area contributed by atoms with Crippen molar-refractivity contribution in [3.8, 4) is 18.2 Å². The lowest BCUT2D eigenvalue weighted by molar-refractivity contribution is 0.349. The summed E-state index contributed by atoms with van der Waals surface area (Å²) in [5, 5.41) is 0.417. The second kappa shape index (κ2) is 4.99. The summed E-state index contributed by atoms with van der Waals surface area (Å²) < 4.78 is 5.29. The highest BCUT2D eigenvalue weighted by Crippen LogP contribution is 2.24. The standard InChI is InChI=1S/C11H13ClN2O/c1-5-6-15-11-8(4)9(12)13-10(14-11)7(2)3/h1,7H,6H2,2-4H3. The number of rotatable bonds is 3. The van der Waals surface area contributed by atoms with Crippen LogP contribution in [0.5, 0.6) is 5.88 Å². The van der Waals surface area contributed by atoms with E-state index in [1.807, 2.05) is 13.8 Å². The smallest absolute Gasteiger partial charge is 0.222 e. The van der Waals surface area contributed by atoms with Gasteiger partial charge in [-0.3, -0.25) is 0 Å². The maximum atomic E-state index is 5.96. The Kier molecular flexibility index (Phi) is 3.93. The number of ether oxygens (including phenoxy) is 1. The molecule has 1 heterocycles. The van der Waals surface area contributed by atoms with Gasteiger partial charge in [-0.25, -0.2) is 4.98 Å². The summed E-state index contributed by atoms with van der Waals surface area (Å²) in [5.74, 6) is 3.72. The van der Waals surface area contributed by atoms with Gasteiger partial charge in [0.15, 0.2) is 6.61 Å². The lowest BCUT2D eigenvalue weighted by Crippen LogP contribution is -2.05. The number of halogens is 1. The fourth-order valence-electron chi connectivity index (χ4n) is 0.994. The third-order valence-corrected chi connectivity index (χ3v) is 2.24. The Hall–Kier alpha value is -1.27. The molecule has 0 saturated carbocycles. The molecule has 1 rings (SSSR count). The molecule has 0 amide bonds. The molecule has 0 N–H and O–H groups in total. The highest BCUT2D eigenvalue weighted by atomic mass is 35.5. The van der Waals surface area contributed by atoms with Crippen LogP contribution in [0.4, 0.5) is 0 Å². The molecule has 0 spiro atoms. The molecule has 0 aliphatic carbocycles. The first kappa shape index (κ1) is 11.8. The van der Waals surface area contributed by atoms with Crippen molar-refractivity contribution in [1.29, 1.82) is 0 Å². The quantitative estimate of drug-likeness (QED) is 0.585. The fraction of sp³-hybridized carbons (Fsp3) is 0.455. The first-order valence-electron chi connectivity index (χ1n) is 4.66. The van der Waals surface area contributed by atoms with E-state index in [0.717, 1.165) is 5.56 Å². The lowest BCUT2D eigenvalue weighted by atomic mass is 10.2. The van der Waals surface area contributed by atoms with Gasteiger partial charge in [0.05, 0.1) is 0 Å². The average molecular weight is 225 g/mol. The molecule has 15 heavy (non-hydrogen) atoms. The van der Waals surface area contributed by atoms with Crippen LogP contribution in [0.25, 0.3) is 0 Å². The van der Waals surface area contributed by atoms with Gasteiger partial charge < -0.3 is 4.74 Å². The summed E-state index contributed by atoms with van der Waals surface area (Å²) >= 11 is 5.96. The van der Waals surface area contributed by atoms with Gasteiger partial charge in [-0.15, -0.1) is 6.42 Å². The van der Waals surface area contributed by atoms with E-state index in [0.29, 0.717) is 16.9 Å². The number of hydrogen-bond donors (Lipinski definition) is 0. The Labute approximate surface area is 94.8 Å². The van der Waals surface area contributed by atoms with E-state index in [9.17, 15) is 0 Å². The van der Waals surface area contributed by atoms with Gasteiger partial charge in [-0.2, -0.15) is 4.98 Å². The predicted octanol–water partition coefficient (Wildman–Crippen LogP) is 2.57. The first-order chi connectivity index (χ1) is 7.06. The van der Waals surface area contributed by atoms with Crippen molar-refractivity contribution in [1.82, 2.24) is 9.97 Å². The molecule has 0 aliphatic heterocycles. The molecule has 4 heteroatoms. The molecule has 0 aliphatic rings. The van der Waals surface area contributed by atoms with Crippen LogP contribution < -0.4 is 4.74 Å². The minimum atomic E-state index is 0.186. The van der Waals surface area contributed by atoms with Crippen LogP contribution in [-0.4, -0.2) is 16.6 Å². The van der Waals surface area contributed by atoms with E-state index in [-0.39, 0.29) is 12.5 Å². The van der Waals surface area contributed by atoms with Crippen LogP contribution in [-0.2, 0) is 0 Å². The van der Waals surface area contributed by atoms with E-state index < -0.39 is 0 Å². The van der Waals surface area contributed by atoms with Crippen LogP contribution in [0.15, 0.2) is 0 Å². The summed E-state index contributed by atoms with van der Waals surface area (Å²) in [7, 11) is 0. The molecule has 0 unspecified atom stereocenters. The van der Waals surface area contributed by atoms with Crippen LogP contribution in [0.3, 0.4) is 0 Å². The number of terminal acetylenes is 1. The zero-order valence-corrected chi connectivity index (χ0v) is 9.80. The molecule has 0 atom stereocenters. The van der Waals surface area contributed by atoms with Gasteiger partial charge in [0.2, 0.25) is 5.88 Å². The zero-order chi connectivity index (χ0) is 11.4. The van der Waals surface area contributed by atoms with Gasteiger partial charge in [0.25, 0.3) is 0 Å². The van der Waals surface area contributed by atoms with Gasteiger partial charge in [-0.1, -0.05) is 31.4 Å². The summed E-state index contributed by atoms with van der Waals surface area (Å²) in [4.78, 5) is 8.42. The van der Waals surface area contributed by atoms with Crippen LogP contribution in [0, 0.1) is 19.3 Å². The molecular formula is C11H13ClN2O. The lowest BCUT2D eigenvalue weighted by Gasteiger charge is -2.10. The van der Waals surface area contributed by atoms with Crippen molar-refractivity contribution in [2.24, 2.45) is 0 Å². The molecule has 0 bridgehead atoms. The average Bonchev–Trinajstić information content (AvgIpc) is 2.19. The second-order valence-electron chi connectivity index (χ2n) is 3.45. The monoisotopic (exact) mass is 224 g/mol. The summed E-state index contributed by atoms with van der Waals surface area (Å²) in [6.07, 6.45) is 5.11. The Morgan fingerprint density at radius 3 is 2.67 bits per heavy atom. The van der Waals surface area contributed by atoms with E-state index >= 15 is 0 Å². The molecule has 0 radical (unpaired) electrons.